The number of hydrogen-bond donors (Lipinski definition) is 2. The summed E-state index contributed by atoms with van der Waals surface area (Å²) < 4.78 is 13.9. The van der Waals surface area contributed by atoms with E-state index < -0.39 is 0 Å². The zero-order chi connectivity index (χ0) is 13.3. The summed E-state index contributed by atoms with van der Waals surface area (Å²) >= 11 is 0. The van der Waals surface area contributed by atoms with E-state index in [-0.39, 0.29) is 23.9 Å². The van der Waals surface area contributed by atoms with Crippen molar-refractivity contribution in [2.24, 2.45) is 11.7 Å². The highest BCUT2D eigenvalue weighted by atomic mass is 19.1. The molecule has 4 heteroatoms. The number of anilines is 1. The van der Waals surface area contributed by atoms with Crippen molar-refractivity contribution in [3.63, 3.8) is 0 Å². The quantitative estimate of drug-likeness (QED) is 0.865. The molecule has 1 heterocycles. The van der Waals surface area contributed by atoms with Crippen molar-refractivity contribution in [3.05, 3.63) is 29.6 Å². The molecule has 3 N–H and O–H groups in total. The Bertz CT molecular complexity index is 420. The van der Waals surface area contributed by atoms with E-state index in [1.165, 1.54) is 6.07 Å². The standard InChI is InChI=1S/C14H21FN2O/c1-9(16)14-12(15)4-3-5-13(14)17-7-6-11(8-17)10(2)18/h3-5,9-11,18H,6-8,16H2,1-2H3. The molecule has 0 aromatic heterocycles. The third-order valence-corrected chi connectivity index (χ3v) is 3.73. The molecule has 0 amide bonds. The first-order valence-electron chi connectivity index (χ1n) is 6.47. The van der Waals surface area contributed by atoms with Crippen LogP contribution in [-0.2, 0) is 0 Å². The number of hydrogen-bond acceptors (Lipinski definition) is 3. The van der Waals surface area contributed by atoms with Gasteiger partial charge in [-0.15, -0.1) is 0 Å². The van der Waals surface area contributed by atoms with Gasteiger partial charge in [-0.25, -0.2) is 4.39 Å². The molecule has 1 fully saturated rings. The molecule has 0 aliphatic carbocycles. The van der Waals surface area contributed by atoms with Gasteiger partial charge in [0.05, 0.1) is 6.10 Å². The van der Waals surface area contributed by atoms with Crippen LogP contribution in [0.15, 0.2) is 18.2 Å². The second-order valence-electron chi connectivity index (χ2n) is 5.20. The van der Waals surface area contributed by atoms with Crippen molar-refractivity contribution in [2.75, 3.05) is 18.0 Å². The van der Waals surface area contributed by atoms with Crippen LogP contribution in [0.3, 0.4) is 0 Å². The Labute approximate surface area is 107 Å². The van der Waals surface area contributed by atoms with Gasteiger partial charge in [0.1, 0.15) is 5.82 Å². The average molecular weight is 252 g/mol. The number of benzene rings is 1. The van der Waals surface area contributed by atoms with Crippen LogP contribution >= 0.6 is 0 Å². The molecular weight excluding hydrogens is 231 g/mol. The van der Waals surface area contributed by atoms with Gasteiger partial charge in [-0.05, 0) is 32.4 Å². The van der Waals surface area contributed by atoms with Crippen molar-refractivity contribution in [3.8, 4) is 0 Å². The number of aliphatic hydroxyl groups is 1. The highest BCUT2D eigenvalue weighted by molar-refractivity contribution is 5.56. The lowest BCUT2D eigenvalue weighted by Gasteiger charge is -2.24. The van der Waals surface area contributed by atoms with E-state index in [0.29, 0.717) is 5.56 Å². The predicted molar refractivity (Wildman–Crippen MR) is 71.0 cm³/mol. The van der Waals surface area contributed by atoms with Gasteiger partial charge in [0, 0.05) is 36.3 Å². The number of nitrogens with zero attached hydrogens (tertiary/aromatic N) is 1. The third kappa shape index (κ3) is 2.49. The van der Waals surface area contributed by atoms with Crippen LogP contribution in [0.2, 0.25) is 0 Å². The minimum Gasteiger partial charge on any atom is -0.393 e. The molecule has 18 heavy (non-hydrogen) atoms. The number of rotatable bonds is 3. The summed E-state index contributed by atoms with van der Waals surface area (Å²) in [6.45, 7) is 5.22. The van der Waals surface area contributed by atoms with Gasteiger partial charge in [-0.2, -0.15) is 0 Å². The van der Waals surface area contributed by atoms with Crippen LogP contribution in [0.5, 0.6) is 0 Å². The van der Waals surface area contributed by atoms with E-state index >= 15 is 0 Å². The van der Waals surface area contributed by atoms with E-state index in [1.54, 1.807) is 13.0 Å². The maximum absolute atomic E-state index is 13.9. The minimum atomic E-state index is -0.327. The highest BCUT2D eigenvalue weighted by Gasteiger charge is 2.28. The lowest BCUT2D eigenvalue weighted by atomic mass is 10.0. The molecule has 0 spiro atoms. The molecule has 2 rings (SSSR count). The zero-order valence-corrected chi connectivity index (χ0v) is 10.9. The molecule has 0 radical (unpaired) electrons. The summed E-state index contributed by atoms with van der Waals surface area (Å²) in [6, 6.07) is 4.75. The third-order valence-electron chi connectivity index (χ3n) is 3.73. The van der Waals surface area contributed by atoms with E-state index in [2.05, 4.69) is 4.90 Å². The topological polar surface area (TPSA) is 49.5 Å². The Hall–Kier alpha value is -1.13. The van der Waals surface area contributed by atoms with Crippen LogP contribution in [0.25, 0.3) is 0 Å². The first-order chi connectivity index (χ1) is 8.50. The molecule has 0 saturated carbocycles. The Morgan fingerprint density at radius 2 is 2.17 bits per heavy atom. The van der Waals surface area contributed by atoms with Crippen molar-refractivity contribution in [1.82, 2.24) is 0 Å². The van der Waals surface area contributed by atoms with Gasteiger partial charge in [0.25, 0.3) is 0 Å². The van der Waals surface area contributed by atoms with E-state index in [0.717, 1.165) is 25.2 Å². The number of aliphatic hydroxyl groups excluding tert-OH is 1. The summed E-state index contributed by atoms with van der Waals surface area (Å²) in [4.78, 5) is 2.12. The Morgan fingerprint density at radius 3 is 2.72 bits per heavy atom. The average Bonchev–Trinajstić information content (AvgIpc) is 2.77. The predicted octanol–water partition coefficient (Wildman–Crippen LogP) is 2.05. The van der Waals surface area contributed by atoms with Crippen molar-refractivity contribution in [1.29, 1.82) is 0 Å². The molecule has 1 aromatic rings. The molecular formula is C14H21FN2O. The second kappa shape index (κ2) is 5.24. The van der Waals surface area contributed by atoms with Crippen LogP contribution in [0.4, 0.5) is 10.1 Å². The summed E-state index contributed by atoms with van der Waals surface area (Å²) in [5.41, 5.74) is 7.30. The highest BCUT2D eigenvalue weighted by Crippen LogP contribution is 2.32. The Morgan fingerprint density at radius 1 is 1.44 bits per heavy atom. The van der Waals surface area contributed by atoms with Gasteiger partial charge in [0.15, 0.2) is 0 Å². The largest absolute Gasteiger partial charge is 0.393 e. The molecule has 0 bridgehead atoms. The first kappa shape index (κ1) is 13.3. The zero-order valence-electron chi connectivity index (χ0n) is 10.9. The monoisotopic (exact) mass is 252 g/mol. The molecule has 1 aliphatic heterocycles. The van der Waals surface area contributed by atoms with Crippen LogP contribution in [0, 0.1) is 11.7 Å². The number of nitrogens with two attached hydrogens (primary N) is 1. The lowest BCUT2D eigenvalue weighted by Crippen LogP contribution is -2.26. The van der Waals surface area contributed by atoms with Crippen LogP contribution in [0.1, 0.15) is 31.9 Å². The van der Waals surface area contributed by atoms with Gasteiger partial charge < -0.3 is 15.7 Å². The number of halogens is 1. The normalized spacial score (nSPS) is 23.2. The van der Waals surface area contributed by atoms with Gasteiger partial charge >= 0.3 is 0 Å². The Kier molecular flexibility index (Phi) is 3.88. The fraction of sp³-hybridized carbons (Fsp3) is 0.571. The van der Waals surface area contributed by atoms with Gasteiger partial charge in [-0.1, -0.05) is 6.07 Å². The molecule has 3 unspecified atom stereocenters. The molecule has 1 aliphatic rings. The summed E-state index contributed by atoms with van der Waals surface area (Å²) in [6.07, 6.45) is 0.620. The molecule has 3 nitrogen and oxygen atoms in total. The van der Waals surface area contributed by atoms with Crippen molar-refractivity contribution >= 4 is 5.69 Å². The lowest BCUT2D eigenvalue weighted by molar-refractivity contribution is 0.136. The maximum Gasteiger partial charge on any atom is 0.130 e. The molecule has 100 valence electrons. The van der Waals surface area contributed by atoms with Crippen LogP contribution in [-0.4, -0.2) is 24.3 Å². The molecule has 1 saturated heterocycles. The maximum atomic E-state index is 13.9. The molecule has 1 aromatic carbocycles. The second-order valence-corrected chi connectivity index (χ2v) is 5.20. The smallest absolute Gasteiger partial charge is 0.130 e. The summed E-state index contributed by atoms with van der Waals surface area (Å²) in [5.74, 6) is 0.0113. The Balaban J connectivity index is 2.27. The van der Waals surface area contributed by atoms with E-state index in [1.807, 2.05) is 13.0 Å². The van der Waals surface area contributed by atoms with Crippen molar-refractivity contribution < 1.29 is 9.50 Å². The fourth-order valence-electron chi connectivity index (χ4n) is 2.65. The van der Waals surface area contributed by atoms with Crippen LogP contribution < -0.4 is 10.6 Å². The summed E-state index contributed by atoms with van der Waals surface area (Å²) in [7, 11) is 0. The first-order valence-corrected chi connectivity index (χ1v) is 6.47. The fourth-order valence-corrected chi connectivity index (χ4v) is 2.65. The van der Waals surface area contributed by atoms with Gasteiger partial charge in [-0.3, -0.25) is 0 Å². The molecule has 3 atom stereocenters. The summed E-state index contributed by atoms with van der Waals surface area (Å²) in [5, 5.41) is 9.62. The van der Waals surface area contributed by atoms with Gasteiger partial charge in [0.2, 0.25) is 0 Å². The minimum absolute atomic E-state index is 0.247. The van der Waals surface area contributed by atoms with Crippen molar-refractivity contribution in [2.45, 2.75) is 32.4 Å². The SMILES string of the molecule is CC(N)c1c(F)cccc1N1CCC(C(C)O)C1. The van der Waals surface area contributed by atoms with E-state index in [9.17, 15) is 9.50 Å². The van der Waals surface area contributed by atoms with E-state index in [4.69, 9.17) is 5.73 Å².